The van der Waals surface area contributed by atoms with Gasteiger partial charge >= 0.3 is 6.61 Å². The van der Waals surface area contributed by atoms with Gasteiger partial charge in [0.25, 0.3) is 0 Å². The number of nitrogens with one attached hydrogen (secondary N) is 2. The van der Waals surface area contributed by atoms with E-state index in [0.29, 0.717) is 12.0 Å². The van der Waals surface area contributed by atoms with Crippen LogP contribution >= 0.6 is 24.0 Å². The van der Waals surface area contributed by atoms with Crippen LogP contribution in [-0.4, -0.2) is 69.2 Å². The van der Waals surface area contributed by atoms with E-state index in [-0.39, 0.29) is 48.2 Å². The third-order valence-electron chi connectivity index (χ3n) is 5.76. The van der Waals surface area contributed by atoms with Crippen molar-refractivity contribution in [3.05, 3.63) is 24.3 Å². The minimum absolute atomic E-state index is 0. The number of ether oxygens (including phenoxy) is 1. The molecule has 2 N–H and O–H groups in total. The number of benzene rings is 1. The van der Waals surface area contributed by atoms with Gasteiger partial charge in [0.1, 0.15) is 12.3 Å². The van der Waals surface area contributed by atoms with Crippen LogP contribution < -0.4 is 20.3 Å². The third-order valence-corrected chi connectivity index (χ3v) is 5.76. The predicted octanol–water partition coefficient (Wildman–Crippen LogP) is 3.44. The van der Waals surface area contributed by atoms with Crippen molar-refractivity contribution in [2.45, 2.75) is 57.2 Å². The molecule has 1 saturated carbocycles. The molecular weight excluding hydrogens is 531 g/mol. The second kappa shape index (κ2) is 13.0. The number of alkyl halides is 2. The second-order valence-corrected chi connectivity index (χ2v) is 8.38. The van der Waals surface area contributed by atoms with Gasteiger partial charge in [0.05, 0.1) is 0 Å². The van der Waals surface area contributed by atoms with Gasteiger partial charge in [-0.2, -0.15) is 8.78 Å². The fourth-order valence-corrected chi connectivity index (χ4v) is 4.05. The molecule has 2 fully saturated rings. The Hall–Kier alpha value is -1.85. The van der Waals surface area contributed by atoms with Crippen molar-refractivity contribution in [1.29, 1.82) is 0 Å². The Morgan fingerprint density at radius 3 is 2.38 bits per heavy atom. The first-order valence-electron chi connectivity index (χ1n) is 11.0. The first-order chi connectivity index (χ1) is 14.9. The van der Waals surface area contributed by atoms with Gasteiger partial charge in [-0.1, -0.05) is 12.8 Å². The number of piperidine rings is 1. The number of carbonyl (C=O) groups is 1. The van der Waals surface area contributed by atoms with Crippen LogP contribution in [0.4, 0.5) is 14.5 Å². The molecule has 1 saturated heterocycles. The maximum absolute atomic E-state index is 12.4. The van der Waals surface area contributed by atoms with Crippen LogP contribution in [0.1, 0.15) is 38.5 Å². The van der Waals surface area contributed by atoms with E-state index in [1.807, 2.05) is 12.1 Å². The molecule has 0 bridgehead atoms. The number of halogens is 3. The number of anilines is 1. The van der Waals surface area contributed by atoms with E-state index in [1.54, 1.807) is 31.1 Å². The van der Waals surface area contributed by atoms with Crippen LogP contribution in [0.5, 0.6) is 5.75 Å². The number of rotatable bonds is 7. The highest BCUT2D eigenvalue weighted by atomic mass is 127. The summed E-state index contributed by atoms with van der Waals surface area (Å²) in [7, 11) is 3.46. The molecule has 3 rings (SSSR count). The highest BCUT2D eigenvalue weighted by Gasteiger charge is 2.23. The zero-order valence-corrected chi connectivity index (χ0v) is 21.1. The van der Waals surface area contributed by atoms with E-state index < -0.39 is 6.61 Å². The largest absolute Gasteiger partial charge is 0.435 e. The van der Waals surface area contributed by atoms with E-state index in [9.17, 15) is 13.6 Å². The van der Waals surface area contributed by atoms with Gasteiger partial charge in [-0.3, -0.25) is 4.79 Å². The van der Waals surface area contributed by atoms with Crippen molar-refractivity contribution < 1.29 is 18.3 Å². The van der Waals surface area contributed by atoms with Crippen molar-refractivity contribution >= 4 is 41.5 Å². The molecule has 1 aliphatic heterocycles. The molecule has 1 aromatic carbocycles. The molecule has 10 heteroatoms. The molecule has 2 aliphatic rings. The molecular formula is C22H34F2IN5O2. The number of nitrogens with zero attached hydrogens (tertiary/aromatic N) is 3. The summed E-state index contributed by atoms with van der Waals surface area (Å²) < 4.78 is 29.2. The molecule has 1 unspecified atom stereocenters. The van der Waals surface area contributed by atoms with Crippen LogP contribution in [0.25, 0.3) is 0 Å². The van der Waals surface area contributed by atoms with Crippen LogP contribution in [0.15, 0.2) is 29.3 Å². The first-order valence-corrected chi connectivity index (χ1v) is 11.0. The number of guanidine groups is 1. The lowest BCUT2D eigenvalue weighted by Gasteiger charge is -2.36. The van der Waals surface area contributed by atoms with Crippen LogP contribution in [0.3, 0.4) is 0 Å². The SMILES string of the molecule is CN(C)C(=O)CN=C(NC1CCCC1)NC1CCCN(c2ccc(OC(F)F)cc2)C1.I. The van der Waals surface area contributed by atoms with Gasteiger partial charge in [-0.15, -0.1) is 24.0 Å². The van der Waals surface area contributed by atoms with Crippen molar-refractivity contribution in [3.8, 4) is 5.75 Å². The second-order valence-electron chi connectivity index (χ2n) is 8.38. The van der Waals surface area contributed by atoms with Gasteiger partial charge in [-0.05, 0) is 49.9 Å². The van der Waals surface area contributed by atoms with Gasteiger partial charge < -0.3 is 25.2 Å². The number of aliphatic imine (C=N–C) groups is 1. The zero-order chi connectivity index (χ0) is 22.2. The Kier molecular flexibility index (Phi) is 10.7. The topological polar surface area (TPSA) is 69.2 Å². The first kappa shape index (κ1) is 26.4. The van der Waals surface area contributed by atoms with Gasteiger partial charge in [0.15, 0.2) is 5.96 Å². The molecule has 0 aromatic heterocycles. The molecule has 1 atom stereocenters. The highest BCUT2D eigenvalue weighted by molar-refractivity contribution is 14.0. The van der Waals surface area contributed by atoms with Crippen LogP contribution in [0, 0.1) is 0 Å². The molecule has 1 aromatic rings. The van der Waals surface area contributed by atoms with E-state index in [1.165, 1.54) is 12.8 Å². The number of carbonyl (C=O) groups excluding carboxylic acids is 1. The maximum Gasteiger partial charge on any atom is 0.387 e. The normalized spacial score (nSPS) is 19.5. The smallest absolute Gasteiger partial charge is 0.387 e. The minimum atomic E-state index is -2.82. The van der Waals surface area contributed by atoms with Crippen LogP contribution in [-0.2, 0) is 4.79 Å². The number of hydrogen-bond donors (Lipinski definition) is 2. The van der Waals surface area contributed by atoms with Gasteiger partial charge in [0.2, 0.25) is 5.91 Å². The van der Waals surface area contributed by atoms with Gasteiger partial charge in [0, 0.05) is 45.0 Å². The molecule has 1 heterocycles. The molecule has 32 heavy (non-hydrogen) atoms. The Balaban J connectivity index is 0.00000363. The molecule has 7 nitrogen and oxygen atoms in total. The third kappa shape index (κ3) is 8.25. The summed E-state index contributed by atoms with van der Waals surface area (Å²) in [5, 5.41) is 7.02. The minimum Gasteiger partial charge on any atom is -0.435 e. The Morgan fingerprint density at radius 2 is 1.75 bits per heavy atom. The zero-order valence-electron chi connectivity index (χ0n) is 18.7. The monoisotopic (exact) mass is 565 g/mol. The van der Waals surface area contributed by atoms with Crippen molar-refractivity contribution in [3.63, 3.8) is 0 Å². The predicted molar refractivity (Wildman–Crippen MR) is 133 cm³/mol. The fourth-order valence-electron chi connectivity index (χ4n) is 4.05. The maximum atomic E-state index is 12.4. The molecule has 1 amide bonds. The summed E-state index contributed by atoms with van der Waals surface area (Å²) in [5.41, 5.74) is 0.971. The Labute approximate surface area is 206 Å². The highest BCUT2D eigenvalue weighted by Crippen LogP contribution is 2.24. The summed E-state index contributed by atoms with van der Waals surface area (Å²) in [6, 6.07) is 7.32. The summed E-state index contributed by atoms with van der Waals surface area (Å²) in [5.74, 6) is 0.810. The molecule has 180 valence electrons. The van der Waals surface area contributed by atoms with E-state index in [4.69, 9.17) is 0 Å². The van der Waals surface area contributed by atoms with Crippen molar-refractivity contribution in [1.82, 2.24) is 15.5 Å². The molecule has 1 aliphatic carbocycles. The average Bonchev–Trinajstić information content (AvgIpc) is 3.25. The number of likely N-dealkylation sites (N-methyl/N-ethyl adjacent to an activating group) is 1. The van der Waals surface area contributed by atoms with E-state index in [0.717, 1.165) is 44.5 Å². The van der Waals surface area contributed by atoms with E-state index in [2.05, 4.69) is 25.3 Å². The summed E-state index contributed by atoms with van der Waals surface area (Å²) in [4.78, 5) is 20.3. The lowest BCUT2D eigenvalue weighted by molar-refractivity contribution is -0.127. The Bertz CT molecular complexity index is 742. The standard InChI is InChI=1S/C22H33F2N5O2.HI/c1-28(2)20(30)14-25-22(26-16-6-3-4-7-16)27-17-8-5-13-29(15-17)18-9-11-19(12-10-18)31-21(23)24;/h9-12,16-17,21H,3-8,13-15H2,1-2H3,(H2,25,26,27);1H. The summed E-state index contributed by atoms with van der Waals surface area (Å²) >= 11 is 0. The van der Waals surface area contributed by atoms with E-state index >= 15 is 0 Å². The van der Waals surface area contributed by atoms with Gasteiger partial charge in [-0.25, -0.2) is 4.99 Å². The van der Waals surface area contributed by atoms with Crippen molar-refractivity contribution in [2.24, 2.45) is 4.99 Å². The summed E-state index contributed by atoms with van der Waals surface area (Å²) in [6.45, 7) is -1.05. The lowest BCUT2D eigenvalue weighted by Crippen LogP contribution is -2.53. The Morgan fingerprint density at radius 1 is 1.12 bits per heavy atom. The average molecular weight is 565 g/mol. The molecule has 0 radical (unpaired) electrons. The van der Waals surface area contributed by atoms with Crippen molar-refractivity contribution in [2.75, 3.05) is 38.6 Å². The molecule has 0 spiro atoms. The number of amides is 1. The van der Waals surface area contributed by atoms with Crippen LogP contribution in [0.2, 0.25) is 0 Å². The number of hydrogen-bond acceptors (Lipinski definition) is 4. The fraction of sp³-hybridized carbons (Fsp3) is 0.636. The quantitative estimate of drug-likeness (QED) is 0.301. The lowest BCUT2D eigenvalue weighted by atomic mass is 10.0. The summed E-state index contributed by atoms with van der Waals surface area (Å²) in [6.07, 6.45) is 6.66.